The lowest BCUT2D eigenvalue weighted by atomic mass is 9.98. The molecule has 0 fully saturated rings. The van der Waals surface area contributed by atoms with Gasteiger partial charge in [-0.05, 0) is 70.1 Å². The molecule has 0 aliphatic heterocycles. The second-order valence-corrected chi connectivity index (χ2v) is 12.6. The minimum absolute atomic E-state index is 0.0678. The first-order valence-electron chi connectivity index (χ1n) is 13.4. The second kappa shape index (κ2) is 8.51. The Morgan fingerprint density at radius 1 is 0.405 bits per heavy atom. The van der Waals surface area contributed by atoms with E-state index in [0.717, 1.165) is 52.2 Å². The third-order valence-corrected chi connectivity index (χ3v) is 10.7. The van der Waals surface area contributed by atoms with E-state index in [-0.39, 0.29) is 11.1 Å². The van der Waals surface area contributed by atoms with E-state index >= 15 is 17.6 Å². The van der Waals surface area contributed by atoms with Crippen molar-refractivity contribution < 1.29 is 17.6 Å². The van der Waals surface area contributed by atoms with Crippen LogP contribution in [0.3, 0.4) is 0 Å². The van der Waals surface area contributed by atoms with E-state index in [1.807, 2.05) is 60.7 Å². The predicted octanol–water partition coefficient (Wildman–Crippen LogP) is 9.13. The zero-order valence-electron chi connectivity index (χ0n) is 21.6. The molecule has 200 valence electrons. The SMILES string of the molecule is Fc1cccc(F)c1C1=c2cc3c(cc2-c2c1sc1ccccc21)=C(c1c(F)cccc1F)c1sc2ccccc2c1-3. The zero-order chi connectivity index (χ0) is 28.3. The van der Waals surface area contributed by atoms with Crippen molar-refractivity contribution in [3.8, 4) is 22.3 Å². The van der Waals surface area contributed by atoms with Gasteiger partial charge < -0.3 is 0 Å². The largest absolute Gasteiger partial charge is 0.206 e. The lowest BCUT2D eigenvalue weighted by Crippen LogP contribution is -2.16. The van der Waals surface area contributed by atoms with Crippen LogP contribution < -0.4 is 10.4 Å². The number of hydrogen-bond acceptors (Lipinski definition) is 2. The van der Waals surface area contributed by atoms with E-state index in [1.165, 1.54) is 59.1 Å². The number of thiophene rings is 2. The molecule has 2 aromatic heterocycles. The van der Waals surface area contributed by atoms with E-state index in [4.69, 9.17) is 0 Å². The molecule has 0 unspecified atom stereocenters. The number of rotatable bonds is 2. The standard InChI is InChI=1S/C36H16F4S2/c37-23-9-5-10-24(38)33(23)31-21-16-20-22(15-19(21)29-17-7-1-3-13-27(17)41-35(29)31)32(34-25(39)11-6-12-26(34)40)36-30(20)18-8-2-4-14-28(18)42-36/h1-16H. The van der Waals surface area contributed by atoms with Crippen molar-refractivity contribution in [1.82, 2.24) is 0 Å². The summed E-state index contributed by atoms with van der Waals surface area (Å²) in [7, 11) is 0. The first kappa shape index (κ1) is 24.1. The normalized spacial score (nSPS) is 13.1. The number of hydrogen-bond donors (Lipinski definition) is 0. The summed E-state index contributed by atoms with van der Waals surface area (Å²) in [5.74, 6) is -2.54. The highest BCUT2D eigenvalue weighted by molar-refractivity contribution is 7.21. The third kappa shape index (κ3) is 3.06. The topological polar surface area (TPSA) is 0 Å². The van der Waals surface area contributed by atoms with Crippen LogP contribution in [0, 0.1) is 23.3 Å². The van der Waals surface area contributed by atoms with Crippen LogP contribution in [0.5, 0.6) is 0 Å². The quantitative estimate of drug-likeness (QED) is 0.177. The maximum atomic E-state index is 15.4. The predicted molar refractivity (Wildman–Crippen MR) is 163 cm³/mol. The van der Waals surface area contributed by atoms with Gasteiger partial charge in [0, 0.05) is 52.2 Å². The van der Waals surface area contributed by atoms with E-state index in [0.29, 0.717) is 21.6 Å². The molecule has 7 aromatic rings. The Hall–Kier alpha value is -4.52. The minimum Gasteiger partial charge on any atom is -0.206 e. The van der Waals surface area contributed by atoms with Gasteiger partial charge in [-0.1, -0.05) is 48.5 Å². The lowest BCUT2D eigenvalue weighted by molar-refractivity contribution is 0.576. The third-order valence-electron chi connectivity index (χ3n) is 8.31. The summed E-state index contributed by atoms with van der Waals surface area (Å²) >= 11 is 2.99. The van der Waals surface area contributed by atoms with Crippen molar-refractivity contribution in [2.45, 2.75) is 0 Å². The van der Waals surface area contributed by atoms with Crippen molar-refractivity contribution >= 4 is 54.0 Å². The molecule has 2 aliphatic carbocycles. The molecule has 0 N–H and O–H groups in total. The van der Waals surface area contributed by atoms with Crippen LogP contribution in [0.2, 0.25) is 0 Å². The molecule has 0 nitrogen and oxygen atoms in total. The van der Waals surface area contributed by atoms with Crippen LogP contribution in [0.15, 0.2) is 97.1 Å². The Morgan fingerprint density at radius 2 is 0.786 bits per heavy atom. The lowest BCUT2D eigenvalue weighted by Gasteiger charge is -2.08. The summed E-state index contributed by atoms with van der Waals surface area (Å²) in [6.07, 6.45) is 0. The fraction of sp³-hybridized carbons (Fsp3) is 0. The van der Waals surface area contributed by atoms with Crippen molar-refractivity contribution in [3.05, 3.63) is 152 Å². The fourth-order valence-electron chi connectivity index (χ4n) is 6.62. The average molecular weight is 589 g/mol. The van der Waals surface area contributed by atoms with Crippen molar-refractivity contribution in [2.75, 3.05) is 0 Å². The van der Waals surface area contributed by atoms with Gasteiger partial charge in [0.1, 0.15) is 23.3 Å². The summed E-state index contributed by atoms with van der Waals surface area (Å²) in [6, 6.07) is 27.6. The Kier molecular flexibility index (Phi) is 4.88. The highest BCUT2D eigenvalue weighted by Gasteiger charge is 2.34. The average Bonchev–Trinajstić information content (AvgIpc) is 3.70. The first-order valence-corrected chi connectivity index (χ1v) is 15.0. The van der Waals surface area contributed by atoms with Crippen molar-refractivity contribution in [1.29, 1.82) is 0 Å². The highest BCUT2D eigenvalue weighted by Crippen LogP contribution is 2.50. The molecule has 5 aromatic carbocycles. The van der Waals surface area contributed by atoms with Crippen LogP contribution in [-0.4, -0.2) is 0 Å². The first-order chi connectivity index (χ1) is 20.5. The molecule has 9 rings (SSSR count). The molecular formula is C36H16F4S2. The van der Waals surface area contributed by atoms with E-state index < -0.39 is 23.3 Å². The van der Waals surface area contributed by atoms with Gasteiger partial charge in [-0.15, -0.1) is 22.7 Å². The minimum atomic E-state index is -0.635. The van der Waals surface area contributed by atoms with Crippen LogP contribution in [0.25, 0.3) is 53.6 Å². The van der Waals surface area contributed by atoms with Gasteiger partial charge in [-0.3, -0.25) is 0 Å². The molecule has 6 heteroatoms. The number of fused-ring (bicyclic) bond motifs is 10. The second-order valence-electron chi connectivity index (χ2n) is 10.5. The van der Waals surface area contributed by atoms with Crippen LogP contribution in [-0.2, 0) is 0 Å². The van der Waals surface area contributed by atoms with Crippen molar-refractivity contribution in [2.24, 2.45) is 0 Å². The van der Waals surface area contributed by atoms with E-state index in [1.54, 1.807) is 0 Å². The van der Waals surface area contributed by atoms with Gasteiger partial charge in [0.25, 0.3) is 0 Å². The van der Waals surface area contributed by atoms with Crippen LogP contribution in [0.4, 0.5) is 17.6 Å². The molecule has 0 atom stereocenters. The summed E-state index contributed by atoms with van der Waals surface area (Å²) in [5.41, 5.74) is 4.25. The smallest absolute Gasteiger partial charge is 0.134 e. The molecule has 0 saturated carbocycles. The van der Waals surface area contributed by atoms with Gasteiger partial charge in [0.05, 0.1) is 11.1 Å². The van der Waals surface area contributed by atoms with Gasteiger partial charge in [0.2, 0.25) is 0 Å². The molecule has 2 aliphatic rings. The van der Waals surface area contributed by atoms with E-state index in [2.05, 4.69) is 0 Å². The number of halogens is 4. The molecule has 0 saturated heterocycles. The highest BCUT2D eigenvalue weighted by atomic mass is 32.1. The summed E-state index contributed by atoms with van der Waals surface area (Å²) < 4.78 is 63.8. The van der Waals surface area contributed by atoms with Crippen molar-refractivity contribution in [3.63, 3.8) is 0 Å². The van der Waals surface area contributed by atoms with Gasteiger partial charge in [-0.25, -0.2) is 17.6 Å². The molecule has 0 spiro atoms. The maximum absolute atomic E-state index is 15.4. The summed E-state index contributed by atoms with van der Waals surface area (Å²) in [6.45, 7) is 0. The number of benzene rings is 5. The van der Waals surface area contributed by atoms with Gasteiger partial charge in [0.15, 0.2) is 0 Å². The Balaban J connectivity index is 1.51. The van der Waals surface area contributed by atoms with Crippen LogP contribution >= 0.6 is 22.7 Å². The Morgan fingerprint density at radius 3 is 1.19 bits per heavy atom. The molecule has 2 heterocycles. The zero-order valence-corrected chi connectivity index (χ0v) is 23.2. The molecule has 0 bridgehead atoms. The Labute approximate surface area is 244 Å². The summed E-state index contributed by atoms with van der Waals surface area (Å²) in [4.78, 5) is 1.57. The summed E-state index contributed by atoms with van der Waals surface area (Å²) in [5, 5.41) is 3.37. The van der Waals surface area contributed by atoms with Gasteiger partial charge >= 0.3 is 0 Å². The van der Waals surface area contributed by atoms with Crippen LogP contribution in [0.1, 0.15) is 20.9 Å². The van der Waals surface area contributed by atoms with E-state index in [9.17, 15) is 0 Å². The van der Waals surface area contributed by atoms with Gasteiger partial charge in [-0.2, -0.15) is 0 Å². The molecule has 0 radical (unpaired) electrons. The maximum Gasteiger partial charge on any atom is 0.134 e. The Bertz CT molecular complexity index is 2250. The fourth-order valence-corrected chi connectivity index (χ4v) is 9.18. The monoisotopic (exact) mass is 588 g/mol. The molecular weight excluding hydrogens is 573 g/mol. The molecule has 42 heavy (non-hydrogen) atoms. The molecule has 0 amide bonds.